The van der Waals surface area contributed by atoms with Crippen LogP contribution in [0.5, 0.6) is 5.75 Å². The summed E-state index contributed by atoms with van der Waals surface area (Å²) in [7, 11) is 0. The van der Waals surface area contributed by atoms with Gasteiger partial charge in [0.2, 0.25) is 6.29 Å². The smallest absolute Gasteiger partial charge is 0.228 e. The van der Waals surface area contributed by atoms with Crippen LogP contribution in [0, 0.1) is 5.82 Å². The molecule has 1 saturated heterocycles. The van der Waals surface area contributed by atoms with Gasteiger partial charge < -0.3 is 24.8 Å². The molecule has 0 bridgehead atoms. The van der Waals surface area contributed by atoms with Gasteiger partial charge in [0.05, 0.1) is 6.61 Å². The van der Waals surface area contributed by atoms with Crippen LogP contribution in [0.3, 0.4) is 0 Å². The van der Waals surface area contributed by atoms with E-state index in [9.17, 15) is 19.7 Å². The summed E-state index contributed by atoms with van der Waals surface area (Å²) in [6.07, 6.45) is -4.13. The number of aliphatic hydroxyl groups excluding tert-OH is 3. The molecule has 0 aromatic heterocycles. The maximum Gasteiger partial charge on any atom is 0.228 e. The molecule has 0 spiro atoms. The first-order chi connectivity index (χ1) is 11.5. The van der Waals surface area contributed by atoms with Gasteiger partial charge >= 0.3 is 0 Å². The standard InChI is InChI=1S/C18H19FO5/c19-13-5-1-11(2-6-13)9-12-3-7-14(8-4-12)24-18-17(22)16(21)15(20)10-23-18/h1-8,15-18,20-22H,9-10H2/t15-,16-,17+,18+/m0/s1. The van der Waals surface area contributed by atoms with E-state index in [0.717, 1.165) is 11.1 Å². The maximum absolute atomic E-state index is 12.9. The van der Waals surface area contributed by atoms with Crippen LogP contribution >= 0.6 is 0 Å². The number of benzene rings is 2. The van der Waals surface area contributed by atoms with Crippen LogP contribution in [0.15, 0.2) is 48.5 Å². The molecule has 0 unspecified atom stereocenters. The lowest BCUT2D eigenvalue weighted by Crippen LogP contribution is -2.54. The highest BCUT2D eigenvalue weighted by Crippen LogP contribution is 2.22. The Morgan fingerprint density at radius 1 is 0.917 bits per heavy atom. The number of aliphatic hydroxyl groups is 3. The molecule has 0 amide bonds. The highest BCUT2D eigenvalue weighted by Gasteiger charge is 2.38. The molecular formula is C18H19FO5. The van der Waals surface area contributed by atoms with E-state index in [4.69, 9.17) is 9.47 Å². The van der Waals surface area contributed by atoms with E-state index in [1.807, 2.05) is 12.1 Å². The Morgan fingerprint density at radius 2 is 1.50 bits per heavy atom. The van der Waals surface area contributed by atoms with Crippen LogP contribution in [-0.2, 0) is 11.2 Å². The van der Waals surface area contributed by atoms with Crippen LogP contribution in [0.1, 0.15) is 11.1 Å². The first kappa shape index (κ1) is 16.9. The topological polar surface area (TPSA) is 79.2 Å². The lowest BCUT2D eigenvalue weighted by Gasteiger charge is -2.34. The van der Waals surface area contributed by atoms with Gasteiger partial charge in [0, 0.05) is 0 Å². The summed E-state index contributed by atoms with van der Waals surface area (Å²) >= 11 is 0. The quantitative estimate of drug-likeness (QED) is 0.784. The first-order valence-corrected chi connectivity index (χ1v) is 7.69. The van der Waals surface area contributed by atoms with E-state index < -0.39 is 24.6 Å². The highest BCUT2D eigenvalue weighted by molar-refractivity contribution is 5.31. The average molecular weight is 334 g/mol. The van der Waals surface area contributed by atoms with Gasteiger partial charge in [-0.15, -0.1) is 0 Å². The minimum Gasteiger partial charge on any atom is -0.462 e. The summed E-state index contributed by atoms with van der Waals surface area (Å²) in [5, 5.41) is 28.9. The molecule has 0 radical (unpaired) electrons. The van der Waals surface area contributed by atoms with E-state index >= 15 is 0 Å². The summed E-state index contributed by atoms with van der Waals surface area (Å²) in [6.45, 7) is -0.106. The van der Waals surface area contributed by atoms with Crippen molar-refractivity contribution >= 4 is 0 Å². The average Bonchev–Trinajstić information content (AvgIpc) is 2.59. The Labute approximate surface area is 138 Å². The van der Waals surface area contributed by atoms with E-state index in [2.05, 4.69) is 0 Å². The normalized spacial score (nSPS) is 27.0. The summed E-state index contributed by atoms with van der Waals surface area (Å²) in [5.74, 6) is 0.214. The molecule has 3 N–H and O–H groups in total. The Bertz CT molecular complexity index is 658. The third-order valence-corrected chi connectivity index (χ3v) is 3.95. The molecule has 24 heavy (non-hydrogen) atoms. The molecule has 1 aliphatic heterocycles. The molecule has 0 aliphatic carbocycles. The van der Waals surface area contributed by atoms with E-state index in [0.29, 0.717) is 12.2 Å². The first-order valence-electron chi connectivity index (χ1n) is 7.69. The SMILES string of the molecule is O[C@@H]1[C@@H](O)[C@@H](Oc2ccc(Cc3ccc(F)cc3)cc2)OC[C@@H]1O. The Balaban J connectivity index is 1.61. The molecule has 1 aliphatic rings. The third-order valence-electron chi connectivity index (χ3n) is 3.95. The minimum atomic E-state index is -1.33. The van der Waals surface area contributed by atoms with Crippen molar-refractivity contribution < 1.29 is 29.2 Å². The molecule has 1 fully saturated rings. The number of ether oxygens (including phenoxy) is 2. The fourth-order valence-corrected chi connectivity index (χ4v) is 2.54. The Kier molecular flexibility index (Phi) is 5.11. The number of hydrogen-bond donors (Lipinski definition) is 3. The van der Waals surface area contributed by atoms with Crippen LogP contribution in [0.2, 0.25) is 0 Å². The zero-order chi connectivity index (χ0) is 17.1. The van der Waals surface area contributed by atoms with Gasteiger partial charge in [-0.1, -0.05) is 24.3 Å². The molecular weight excluding hydrogens is 315 g/mol. The largest absolute Gasteiger partial charge is 0.462 e. The maximum atomic E-state index is 12.9. The van der Waals surface area contributed by atoms with Gasteiger partial charge in [-0.2, -0.15) is 0 Å². The molecule has 1 heterocycles. The second-order valence-corrected chi connectivity index (χ2v) is 5.82. The second kappa shape index (κ2) is 7.27. The molecule has 2 aromatic carbocycles. The van der Waals surface area contributed by atoms with Crippen molar-refractivity contribution in [1.29, 1.82) is 0 Å². The van der Waals surface area contributed by atoms with Crippen LogP contribution in [0.4, 0.5) is 4.39 Å². The van der Waals surface area contributed by atoms with Gasteiger partial charge in [-0.3, -0.25) is 0 Å². The van der Waals surface area contributed by atoms with Crippen molar-refractivity contribution in [2.75, 3.05) is 6.61 Å². The molecule has 4 atom stereocenters. The number of hydrogen-bond acceptors (Lipinski definition) is 5. The zero-order valence-corrected chi connectivity index (χ0v) is 12.9. The van der Waals surface area contributed by atoms with E-state index in [1.54, 1.807) is 24.3 Å². The zero-order valence-electron chi connectivity index (χ0n) is 12.9. The van der Waals surface area contributed by atoms with Gasteiger partial charge in [0.25, 0.3) is 0 Å². The van der Waals surface area contributed by atoms with E-state index in [1.165, 1.54) is 12.1 Å². The highest BCUT2D eigenvalue weighted by atomic mass is 19.1. The molecule has 128 valence electrons. The fourth-order valence-electron chi connectivity index (χ4n) is 2.54. The predicted molar refractivity (Wildman–Crippen MR) is 84.0 cm³/mol. The predicted octanol–water partition coefficient (Wildman–Crippen LogP) is 1.23. The molecule has 2 aromatic rings. The van der Waals surface area contributed by atoms with Gasteiger partial charge in [-0.25, -0.2) is 4.39 Å². The van der Waals surface area contributed by atoms with E-state index in [-0.39, 0.29) is 12.4 Å². The Hall–Kier alpha value is -1.99. The molecule has 3 rings (SSSR count). The summed E-state index contributed by atoms with van der Waals surface area (Å²) in [6, 6.07) is 13.5. The third kappa shape index (κ3) is 3.91. The van der Waals surface area contributed by atoms with Crippen molar-refractivity contribution in [1.82, 2.24) is 0 Å². The van der Waals surface area contributed by atoms with Gasteiger partial charge in [0.1, 0.15) is 29.9 Å². The minimum absolute atomic E-state index is 0.106. The Morgan fingerprint density at radius 3 is 2.12 bits per heavy atom. The van der Waals surface area contributed by atoms with Crippen molar-refractivity contribution in [3.63, 3.8) is 0 Å². The monoisotopic (exact) mass is 334 g/mol. The number of halogens is 1. The molecule has 0 saturated carbocycles. The van der Waals surface area contributed by atoms with Gasteiger partial charge in [-0.05, 0) is 41.8 Å². The van der Waals surface area contributed by atoms with Gasteiger partial charge in [0.15, 0.2) is 0 Å². The second-order valence-electron chi connectivity index (χ2n) is 5.82. The number of rotatable bonds is 4. The summed E-state index contributed by atoms with van der Waals surface area (Å²) in [5.41, 5.74) is 2.02. The molecule has 5 nitrogen and oxygen atoms in total. The lowest BCUT2D eigenvalue weighted by atomic mass is 10.0. The van der Waals surface area contributed by atoms with Crippen molar-refractivity contribution in [3.8, 4) is 5.75 Å². The summed E-state index contributed by atoms with van der Waals surface area (Å²) in [4.78, 5) is 0. The lowest BCUT2D eigenvalue weighted by molar-refractivity contribution is -0.242. The van der Waals surface area contributed by atoms with Crippen LogP contribution in [-0.4, -0.2) is 46.5 Å². The summed E-state index contributed by atoms with van der Waals surface area (Å²) < 4.78 is 23.6. The van der Waals surface area contributed by atoms with Crippen LogP contribution in [0.25, 0.3) is 0 Å². The van der Waals surface area contributed by atoms with Crippen molar-refractivity contribution in [2.45, 2.75) is 31.0 Å². The van der Waals surface area contributed by atoms with Crippen molar-refractivity contribution in [2.24, 2.45) is 0 Å². The van der Waals surface area contributed by atoms with Crippen LogP contribution < -0.4 is 4.74 Å². The fraction of sp³-hybridized carbons (Fsp3) is 0.333. The van der Waals surface area contributed by atoms with Crippen molar-refractivity contribution in [3.05, 3.63) is 65.5 Å². The molecule has 6 heteroatoms.